The zero-order chi connectivity index (χ0) is 14.0. The number of nitrogens with zero attached hydrogens (tertiary/aromatic N) is 2. The molecule has 2 aromatic rings. The predicted molar refractivity (Wildman–Crippen MR) is 80.4 cm³/mol. The molecule has 2 rings (SSSR count). The molecule has 0 aliphatic heterocycles. The van der Waals surface area contributed by atoms with Gasteiger partial charge in [0.15, 0.2) is 0 Å². The van der Waals surface area contributed by atoms with Gasteiger partial charge in [-0.1, -0.05) is 38.1 Å². The second-order valence-corrected chi connectivity index (χ2v) is 5.56. The fraction of sp³-hybridized carbons (Fsp3) is 0.500. The number of fused-ring (bicyclic) bond motifs is 1. The first-order valence-corrected chi connectivity index (χ1v) is 6.95. The summed E-state index contributed by atoms with van der Waals surface area (Å²) in [6.07, 6.45) is 0. The molecule has 2 atom stereocenters. The van der Waals surface area contributed by atoms with Crippen molar-refractivity contribution in [3.05, 3.63) is 35.7 Å². The van der Waals surface area contributed by atoms with E-state index in [9.17, 15) is 0 Å². The molecular formula is C16H23N3. The lowest BCUT2D eigenvalue weighted by atomic mass is 9.84. The van der Waals surface area contributed by atoms with E-state index in [2.05, 4.69) is 60.6 Å². The Balaban J connectivity index is 2.63. The van der Waals surface area contributed by atoms with Crippen LogP contribution >= 0.6 is 0 Å². The van der Waals surface area contributed by atoms with Crippen LogP contribution in [0, 0.1) is 12.8 Å². The Morgan fingerprint density at radius 2 is 1.63 bits per heavy atom. The molecule has 3 heteroatoms. The molecule has 1 aromatic carbocycles. The van der Waals surface area contributed by atoms with Crippen LogP contribution in [0.4, 0.5) is 0 Å². The molecular weight excluding hydrogens is 234 g/mol. The van der Waals surface area contributed by atoms with E-state index >= 15 is 0 Å². The summed E-state index contributed by atoms with van der Waals surface area (Å²) in [5.41, 5.74) is 2.11. The Morgan fingerprint density at radius 1 is 1.00 bits per heavy atom. The maximum atomic E-state index is 4.51. The van der Waals surface area contributed by atoms with Crippen LogP contribution in [0.5, 0.6) is 0 Å². The summed E-state index contributed by atoms with van der Waals surface area (Å²) in [5.74, 6) is 0.880. The van der Waals surface area contributed by atoms with Gasteiger partial charge in [0, 0.05) is 22.7 Å². The van der Waals surface area contributed by atoms with Crippen molar-refractivity contribution in [2.24, 2.45) is 5.92 Å². The fourth-order valence-corrected chi connectivity index (χ4v) is 2.81. The second-order valence-electron chi connectivity index (χ2n) is 5.56. The quantitative estimate of drug-likeness (QED) is 0.913. The van der Waals surface area contributed by atoms with Gasteiger partial charge in [0.1, 0.15) is 0 Å². The van der Waals surface area contributed by atoms with Gasteiger partial charge < -0.3 is 5.32 Å². The van der Waals surface area contributed by atoms with Gasteiger partial charge >= 0.3 is 0 Å². The average molecular weight is 257 g/mol. The highest BCUT2D eigenvalue weighted by Gasteiger charge is 2.25. The number of aromatic nitrogens is 2. The molecule has 0 spiro atoms. The Bertz CT molecular complexity index is 563. The third-order valence-corrected chi connectivity index (χ3v) is 3.93. The van der Waals surface area contributed by atoms with E-state index in [1.807, 2.05) is 14.0 Å². The zero-order valence-electron chi connectivity index (χ0n) is 12.4. The summed E-state index contributed by atoms with van der Waals surface area (Å²) in [4.78, 5) is 0. The standard InChI is InChI=1S/C16H23N3/c1-10(2)15(12(4)17-5)16-14-9-7-6-8-13(14)11(3)18-19-16/h6-10,12,15,17H,1-5H3. The molecule has 19 heavy (non-hydrogen) atoms. The highest BCUT2D eigenvalue weighted by atomic mass is 15.1. The highest BCUT2D eigenvalue weighted by Crippen LogP contribution is 2.31. The third-order valence-electron chi connectivity index (χ3n) is 3.93. The molecule has 0 amide bonds. The van der Waals surface area contributed by atoms with Gasteiger partial charge in [-0.25, -0.2) is 0 Å². The van der Waals surface area contributed by atoms with E-state index in [-0.39, 0.29) is 0 Å². The molecule has 1 aromatic heterocycles. The van der Waals surface area contributed by atoms with E-state index in [0.29, 0.717) is 17.9 Å². The Labute approximate surface area is 115 Å². The number of rotatable bonds is 4. The normalized spacial score (nSPS) is 14.8. The molecule has 0 aliphatic rings. The predicted octanol–water partition coefficient (Wildman–Crippen LogP) is 3.29. The summed E-state index contributed by atoms with van der Waals surface area (Å²) in [5, 5.41) is 14.7. The molecule has 0 fully saturated rings. The van der Waals surface area contributed by atoms with Gasteiger partial charge in [0.25, 0.3) is 0 Å². The van der Waals surface area contributed by atoms with Crippen LogP contribution in [0.15, 0.2) is 24.3 Å². The molecule has 0 radical (unpaired) electrons. The van der Waals surface area contributed by atoms with Crippen molar-refractivity contribution >= 4 is 10.8 Å². The van der Waals surface area contributed by atoms with Crippen molar-refractivity contribution in [2.45, 2.75) is 39.7 Å². The van der Waals surface area contributed by atoms with Crippen LogP contribution in [-0.2, 0) is 0 Å². The van der Waals surface area contributed by atoms with Crippen LogP contribution < -0.4 is 5.32 Å². The van der Waals surface area contributed by atoms with E-state index in [1.54, 1.807) is 0 Å². The summed E-state index contributed by atoms with van der Waals surface area (Å²) < 4.78 is 0. The Hall–Kier alpha value is -1.48. The first-order chi connectivity index (χ1) is 9.06. The maximum absolute atomic E-state index is 4.51. The molecule has 1 N–H and O–H groups in total. The molecule has 0 aliphatic carbocycles. The molecule has 2 unspecified atom stereocenters. The highest BCUT2D eigenvalue weighted by molar-refractivity contribution is 5.86. The van der Waals surface area contributed by atoms with Crippen LogP contribution in [-0.4, -0.2) is 23.3 Å². The number of aryl methyl sites for hydroxylation is 1. The smallest absolute Gasteiger partial charge is 0.0758 e. The minimum atomic E-state index is 0.364. The van der Waals surface area contributed by atoms with Crippen LogP contribution in [0.1, 0.15) is 38.1 Å². The van der Waals surface area contributed by atoms with Crippen LogP contribution in [0.2, 0.25) is 0 Å². The number of nitrogens with one attached hydrogen (secondary N) is 1. The first-order valence-electron chi connectivity index (χ1n) is 6.95. The van der Waals surface area contributed by atoms with Gasteiger partial charge in [-0.05, 0) is 26.8 Å². The monoisotopic (exact) mass is 257 g/mol. The molecule has 0 bridgehead atoms. The number of likely N-dealkylation sites (N-methyl/N-ethyl adjacent to an activating group) is 1. The van der Waals surface area contributed by atoms with E-state index in [0.717, 1.165) is 11.4 Å². The summed E-state index contributed by atoms with van der Waals surface area (Å²) >= 11 is 0. The van der Waals surface area contributed by atoms with Crippen molar-refractivity contribution in [1.29, 1.82) is 0 Å². The van der Waals surface area contributed by atoms with Crippen molar-refractivity contribution in [1.82, 2.24) is 15.5 Å². The number of hydrogen-bond acceptors (Lipinski definition) is 3. The van der Waals surface area contributed by atoms with Gasteiger partial charge in [-0.15, -0.1) is 0 Å². The first kappa shape index (κ1) is 13.9. The van der Waals surface area contributed by atoms with E-state index in [1.165, 1.54) is 10.8 Å². The van der Waals surface area contributed by atoms with Gasteiger partial charge in [-0.2, -0.15) is 10.2 Å². The number of hydrogen-bond donors (Lipinski definition) is 1. The van der Waals surface area contributed by atoms with Gasteiger partial charge in [-0.3, -0.25) is 0 Å². The maximum Gasteiger partial charge on any atom is 0.0758 e. The van der Waals surface area contributed by atoms with Crippen molar-refractivity contribution in [3.63, 3.8) is 0 Å². The lowest BCUT2D eigenvalue weighted by Crippen LogP contribution is -2.32. The average Bonchev–Trinajstić information content (AvgIpc) is 2.41. The molecule has 0 saturated heterocycles. The lowest BCUT2D eigenvalue weighted by Gasteiger charge is -2.27. The van der Waals surface area contributed by atoms with E-state index in [4.69, 9.17) is 0 Å². The summed E-state index contributed by atoms with van der Waals surface area (Å²) in [6.45, 7) is 8.72. The van der Waals surface area contributed by atoms with Crippen LogP contribution in [0.25, 0.3) is 10.8 Å². The minimum Gasteiger partial charge on any atom is -0.317 e. The van der Waals surface area contributed by atoms with Gasteiger partial charge in [0.05, 0.1) is 11.4 Å². The largest absolute Gasteiger partial charge is 0.317 e. The third kappa shape index (κ3) is 2.61. The second kappa shape index (κ2) is 5.66. The fourth-order valence-electron chi connectivity index (χ4n) is 2.81. The Kier molecular flexibility index (Phi) is 4.15. The van der Waals surface area contributed by atoms with Crippen molar-refractivity contribution in [3.8, 4) is 0 Å². The zero-order valence-corrected chi connectivity index (χ0v) is 12.4. The van der Waals surface area contributed by atoms with Crippen LogP contribution in [0.3, 0.4) is 0 Å². The van der Waals surface area contributed by atoms with Crippen molar-refractivity contribution in [2.75, 3.05) is 7.05 Å². The number of benzene rings is 1. The minimum absolute atomic E-state index is 0.364. The van der Waals surface area contributed by atoms with E-state index < -0.39 is 0 Å². The molecule has 0 saturated carbocycles. The molecule has 3 nitrogen and oxygen atoms in total. The summed E-state index contributed by atoms with van der Waals surface area (Å²) in [7, 11) is 2.00. The van der Waals surface area contributed by atoms with Gasteiger partial charge in [0.2, 0.25) is 0 Å². The summed E-state index contributed by atoms with van der Waals surface area (Å²) in [6, 6.07) is 8.80. The topological polar surface area (TPSA) is 37.8 Å². The van der Waals surface area contributed by atoms with Crippen molar-refractivity contribution < 1.29 is 0 Å². The SMILES string of the molecule is CNC(C)C(c1nnc(C)c2ccccc12)C(C)C. The molecule has 102 valence electrons. The lowest BCUT2D eigenvalue weighted by molar-refractivity contribution is 0.388. The molecule has 1 heterocycles. The Morgan fingerprint density at radius 3 is 2.21 bits per heavy atom.